The molecule has 0 atom stereocenters. The molecule has 2 rings (SSSR count). The monoisotopic (exact) mass is 308 g/mol. The zero-order valence-electron chi connectivity index (χ0n) is 12.0. The Hall–Kier alpha value is -1.70. The Morgan fingerprint density at radius 2 is 2.05 bits per heavy atom. The van der Waals surface area contributed by atoms with E-state index in [-0.39, 0.29) is 4.90 Å². The van der Waals surface area contributed by atoms with E-state index in [4.69, 9.17) is 0 Å². The topological polar surface area (TPSA) is 86.9 Å². The predicted molar refractivity (Wildman–Crippen MR) is 81.3 cm³/mol. The Labute approximate surface area is 125 Å². The number of nitrogens with one attached hydrogen (secondary N) is 3. The second-order valence-electron chi connectivity index (χ2n) is 4.64. The van der Waals surface area contributed by atoms with Crippen LogP contribution in [0.5, 0.6) is 0 Å². The normalized spacial score (nSPS) is 11.7. The molecular weight excluding hydrogens is 288 g/mol. The highest BCUT2D eigenvalue weighted by molar-refractivity contribution is 7.89. The number of aromatic nitrogens is 2. The number of hydrogen-bond acceptors (Lipinski definition) is 4. The summed E-state index contributed by atoms with van der Waals surface area (Å²) in [5, 5.41) is 3.14. The molecule has 0 amide bonds. The fourth-order valence-corrected chi connectivity index (χ4v) is 2.95. The van der Waals surface area contributed by atoms with Gasteiger partial charge in [0.05, 0.1) is 4.90 Å². The van der Waals surface area contributed by atoms with Crippen molar-refractivity contribution in [1.29, 1.82) is 0 Å². The zero-order chi connectivity index (χ0) is 15.1. The Morgan fingerprint density at radius 3 is 2.76 bits per heavy atom. The minimum atomic E-state index is -3.46. The summed E-state index contributed by atoms with van der Waals surface area (Å²) in [5.74, 6) is 0. The Bertz CT molecular complexity index is 653. The van der Waals surface area contributed by atoms with Crippen molar-refractivity contribution in [3.63, 3.8) is 0 Å². The predicted octanol–water partition coefficient (Wildman–Crippen LogP) is 1.04. The summed E-state index contributed by atoms with van der Waals surface area (Å²) in [5.41, 5.74) is 1.90. The van der Waals surface area contributed by atoms with Crippen LogP contribution in [-0.4, -0.2) is 31.5 Å². The molecule has 0 aliphatic rings. The van der Waals surface area contributed by atoms with E-state index >= 15 is 0 Å². The minimum absolute atomic E-state index is 0.269. The number of hydrogen-bond donors (Lipinski definition) is 3. The summed E-state index contributed by atoms with van der Waals surface area (Å²) < 4.78 is 26.9. The molecule has 6 nitrogen and oxygen atoms in total. The summed E-state index contributed by atoms with van der Waals surface area (Å²) in [6.45, 7) is 3.83. The van der Waals surface area contributed by atoms with Crippen LogP contribution in [0.25, 0.3) is 0 Å². The molecule has 0 aliphatic carbocycles. The third-order valence-electron chi connectivity index (χ3n) is 3.05. The molecule has 0 aromatic carbocycles. The Kier molecular flexibility index (Phi) is 5.49. The molecule has 21 heavy (non-hydrogen) atoms. The number of aromatic amines is 1. The van der Waals surface area contributed by atoms with E-state index in [1.165, 1.54) is 6.20 Å². The molecule has 0 spiro atoms. The maximum absolute atomic E-state index is 12.1. The van der Waals surface area contributed by atoms with Crippen LogP contribution in [0.15, 0.2) is 41.7 Å². The molecule has 2 aromatic heterocycles. The van der Waals surface area contributed by atoms with Crippen molar-refractivity contribution in [3.05, 3.63) is 48.0 Å². The van der Waals surface area contributed by atoms with Crippen molar-refractivity contribution in [3.8, 4) is 0 Å². The van der Waals surface area contributed by atoms with Crippen LogP contribution in [-0.2, 0) is 23.0 Å². The lowest BCUT2D eigenvalue weighted by Crippen LogP contribution is -2.25. The van der Waals surface area contributed by atoms with Gasteiger partial charge in [-0.1, -0.05) is 6.92 Å². The fraction of sp³-hybridized carbons (Fsp3) is 0.357. The van der Waals surface area contributed by atoms with Crippen molar-refractivity contribution in [2.45, 2.75) is 24.8 Å². The highest BCUT2D eigenvalue weighted by atomic mass is 32.2. The largest absolute Gasteiger partial charge is 0.363 e. The molecule has 114 valence electrons. The van der Waals surface area contributed by atoms with Gasteiger partial charge in [-0.15, -0.1) is 0 Å². The second kappa shape index (κ2) is 7.35. The molecule has 0 fully saturated rings. The van der Waals surface area contributed by atoms with Crippen molar-refractivity contribution in [2.75, 3.05) is 13.1 Å². The van der Waals surface area contributed by atoms with Gasteiger partial charge in [0.25, 0.3) is 0 Å². The maximum Gasteiger partial charge on any atom is 0.242 e. The lowest BCUT2D eigenvalue weighted by molar-refractivity contribution is 0.581. The van der Waals surface area contributed by atoms with Crippen molar-refractivity contribution in [1.82, 2.24) is 20.0 Å². The number of pyridine rings is 1. The second-order valence-corrected chi connectivity index (χ2v) is 6.41. The highest BCUT2D eigenvalue weighted by Crippen LogP contribution is 2.10. The average molecular weight is 308 g/mol. The first-order chi connectivity index (χ1) is 10.1. The molecule has 2 heterocycles. The van der Waals surface area contributed by atoms with Crippen molar-refractivity contribution < 1.29 is 8.42 Å². The van der Waals surface area contributed by atoms with Crippen LogP contribution < -0.4 is 10.0 Å². The van der Waals surface area contributed by atoms with E-state index in [9.17, 15) is 8.42 Å². The van der Waals surface area contributed by atoms with E-state index < -0.39 is 10.0 Å². The van der Waals surface area contributed by atoms with Gasteiger partial charge >= 0.3 is 0 Å². The summed E-state index contributed by atoms with van der Waals surface area (Å²) in [7, 11) is -3.46. The average Bonchev–Trinajstić information content (AvgIpc) is 2.96. The van der Waals surface area contributed by atoms with Gasteiger partial charge in [0.1, 0.15) is 0 Å². The van der Waals surface area contributed by atoms with E-state index in [1.54, 1.807) is 18.5 Å². The van der Waals surface area contributed by atoms with Crippen molar-refractivity contribution in [2.24, 2.45) is 0 Å². The molecule has 0 aliphatic heterocycles. The standard InChI is InChI=1S/C14H20N4O2S/c1-2-15-10-13-9-14(11-17-13)21(19,20)18-8-5-12-3-6-16-7-4-12/h3-4,6-7,9,11,15,17-18H,2,5,8,10H2,1H3. The Balaban J connectivity index is 1.90. The zero-order valence-corrected chi connectivity index (χ0v) is 12.8. The maximum atomic E-state index is 12.1. The van der Waals surface area contributed by atoms with Gasteiger partial charge in [0, 0.05) is 37.4 Å². The van der Waals surface area contributed by atoms with E-state index in [2.05, 4.69) is 20.0 Å². The molecule has 0 radical (unpaired) electrons. The van der Waals surface area contributed by atoms with E-state index in [0.717, 1.165) is 17.8 Å². The Morgan fingerprint density at radius 1 is 1.29 bits per heavy atom. The molecule has 0 saturated carbocycles. The number of rotatable bonds is 8. The first kappa shape index (κ1) is 15.7. The van der Waals surface area contributed by atoms with Gasteiger partial charge in [-0.25, -0.2) is 13.1 Å². The van der Waals surface area contributed by atoms with Gasteiger partial charge in [-0.2, -0.15) is 0 Å². The van der Waals surface area contributed by atoms with Crippen LogP contribution in [0, 0.1) is 0 Å². The van der Waals surface area contributed by atoms with Crippen LogP contribution in [0.4, 0.5) is 0 Å². The highest BCUT2D eigenvalue weighted by Gasteiger charge is 2.15. The van der Waals surface area contributed by atoms with E-state index in [0.29, 0.717) is 19.5 Å². The molecular formula is C14H20N4O2S. The number of sulfonamides is 1. The third kappa shape index (κ3) is 4.66. The van der Waals surface area contributed by atoms with Gasteiger partial charge in [-0.05, 0) is 36.7 Å². The molecule has 3 N–H and O–H groups in total. The SMILES string of the molecule is CCNCc1cc(S(=O)(=O)NCCc2ccncc2)c[nH]1. The molecule has 7 heteroatoms. The summed E-state index contributed by atoms with van der Waals surface area (Å²) in [6, 6.07) is 5.40. The lowest BCUT2D eigenvalue weighted by Gasteiger charge is -2.04. The molecule has 0 saturated heterocycles. The van der Waals surface area contributed by atoms with Gasteiger partial charge in [0.15, 0.2) is 0 Å². The molecule has 0 unspecified atom stereocenters. The summed E-state index contributed by atoms with van der Waals surface area (Å²) in [4.78, 5) is 7.16. The van der Waals surface area contributed by atoms with E-state index in [1.807, 2.05) is 19.1 Å². The summed E-state index contributed by atoms with van der Waals surface area (Å²) in [6.07, 6.45) is 5.55. The molecule has 0 bridgehead atoms. The molecule has 2 aromatic rings. The van der Waals surface area contributed by atoms with Crippen LogP contribution >= 0.6 is 0 Å². The number of H-pyrrole nitrogens is 1. The first-order valence-corrected chi connectivity index (χ1v) is 8.36. The smallest absolute Gasteiger partial charge is 0.242 e. The third-order valence-corrected chi connectivity index (χ3v) is 4.49. The van der Waals surface area contributed by atoms with Gasteiger partial charge in [-0.3, -0.25) is 4.98 Å². The first-order valence-electron chi connectivity index (χ1n) is 6.88. The number of nitrogens with zero attached hydrogens (tertiary/aromatic N) is 1. The summed E-state index contributed by atoms with van der Waals surface area (Å²) >= 11 is 0. The van der Waals surface area contributed by atoms with Crippen LogP contribution in [0.3, 0.4) is 0 Å². The van der Waals surface area contributed by atoms with Gasteiger partial charge in [0.2, 0.25) is 10.0 Å². The lowest BCUT2D eigenvalue weighted by atomic mass is 10.2. The van der Waals surface area contributed by atoms with Crippen LogP contribution in [0.1, 0.15) is 18.2 Å². The quantitative estimate of drug-likeness (QED) is 0.680. The minimum Gasteiger partial charge on any atom is -0.363 e. The van der Waals surface area contributed by atoms with Crippen molar-refractivity contribution >= 4 is 10.0 Å². The van der Waals surface area contributed by atoms with Gasteiger partial charge < -0.3 is 10.3 Å². The fourth-order valence-electron chi connectivity index (χ4n) is 1.90. The van der Waals surface area contributed by atoms with Crippen LogP contribution in [0.2, 0.25) is 0 Å².